The standard InChI is InChI=1S/C15H25NO/c1-12(16)11-13-7-9-15(10-8-13)17-14-5-3-2-4-6-14/h7,9-10,12-14H,2-6,8,11,16H2,1H3/t12-,13?/m1/s1. The van der Waals surface area contributed by atoms with Crippen molar-refractivity contribution in [1.29, 1.82) is 0 Å². The number of hydrogen-bond acceptors (Lipinski definition) is 2. The molecule has 0 heterocycles. The van der Waals surface area contributed by atoms with Gasteiger partial charge in [-0.25, -0.2) is 0 Å². The highest BCUT2D eigenvalue weighted by Crippen LogP contribution is 2.26. The minimum atomic E-state index is 0.291. The first-order valence-electron chi connectivity index (χ1n) is 7.04. The first kappa shape index (κ1) is 12.7. The van der Waals surface area contributed by atoms with Gasteiger partial charge in [0.2, 0.25) is 0 Å². The zero-order chi connectivity index (χ0) is 12.1. The molecule has 17 heavy (non-hydrogen) atoms. The maximum absolute atomic E-state index is 6.03. The molecule has 2 N–H and O–H groups in total. The lowest BCUT2D eigenvalue weighted by Gasteiger charge is -2.25. The Kier molecular flexibility index (Phi) is 4.66. The maximum Gasteiger partial charge on any atom is 0.115 e. The minimum absolute atomic E-state index is 0.291. The smallest absolute Gasteiger partial charge is 0.115 e. The summed E-state index contributed by atoms with van der Waals surface area (Å²) < 4.78 is 6.03. The zero-order valence-corrected chi connectivity index (χ0v) is 10.9. The lowest BCUT2D eigenvalue weighted by Crippen LogP contribution is -2.20. The molecule has 1 saturated carbocycles. The van der Waals surface area contributed by atoms with Gasteiger partial charge in [-0.05, 0) is 63.5 Å². The van der Waals surface area contributed by atoms with E-state index >= 15 is 0 Å². The third kappa shape index (κ3) is 4.19. The number of ether oxygens (including phenoxy) is 1. The lowest BCUT2D eigenvalue weighted by molar-refractivity contribution is 0.0884. The van der Waals surface area contributed by atoms with Crippen LogP contribution in [0.25, 0.3) is 0 Å². The van der Waals surface area contributed by atoms with E-state index in [0.29, 0.717) is 18.1 Å². The fourth-order valence-electron chi connectivity index (χ4n) is 2.76. The summed E-state index contributed by atoms with van der Waals surface area (Å²) in [5, 5.41) is 0. The van der Waals surface area contributed by atoms with Crippen molar-refractivity contribution in [1.82, 2.24) is 0 Å². The van der Waals surface area contributed by atoms with Crippen LogP contribution in [-0.4, -0.2) is 12.1 Å². The Morgan fingerprint density at radius 3 is 2.71 bits per heavy atom. The van der Waals surface area contributed by atoms with Gasteiger partial charge in [0.15, 0.2) is 0 Å². The van der Waals surface area contributed by atoms with Gasteiger partial charge in [-0.15, -0.1) is 0 Å². The average Bonchev–Trinajstić information content (AvgIpc) is 2.32. The number of hydrogen-bond donors (Lipinski definition) is 1. The molecule has 1 unspecified atom stereocenters. The highest BCUT2D eigenvalue weighted by atomic mass is 16.5. The minimum Gasteiger partial charge on any atom is -0.491 e. The Balaban J connectivity index is 1.76. The van der Waals surface area contributed by atoms with Gasteiger partial charge in [0.25, 0.3) is 0 Å². The fourth-order valence-corrected chi connectivity index (χ4v) is 2.76. The number of rotatable bonds is 4. The van der Waals surface area contributed by atoms with Crippen molar-refractivity contribution in [3.05, 3.63) is 24.0 Å². The van der Waals surface area contributed by atoms with Crippen LogP contribution in [0.4, 0.5) is 0 Å². The van der Waals surface area contributed by atoms with Crippen LogP contribution in [-0.2, 0) is 4.74 Å². The first-order chi connectivity index (χ1) is 8.24. The Morgan fingerprint density at radius 2 is 2.12 bits per heavy atom. The molecule has 0 amide bonds. The van der Waals surface area contributed by atoms with Gasteiger partial charge in [-0.3, -0.25) is 0 Å². The Morgan fingerprint density at radius 1 is 1.35 bits per heavy atom. The quantitative estimate of drug-likeness (QED) is 0.809. The summed E-state index contributed by atoms with van der Waals surface area (Å²) in [5.41, 5.74) is 5.82. The van der Waals surface area contributed by atoms with E-state index < -0.39 is 0 Å². The molecule has 0 spiro atoms. The highest BCUT2D eigenvalue weighted by molar-refractivity contribution is 5.18. The molecule has 96 valence electrons. The molecule has 0 aromatic heterocycles. The van der Waals surface area contributed by atoms with Crippen LogP contribution in [0.1, 0.15) is 51.9 Å². The van der Waals surface area contributed by atoms with Gasteiger partial charge in [0.1, 0.15) is 5.76 Å². The van der Waals surface area contributed by atoms with Gasteiger partial charge in [0, 0.05) is 6.04 Å². The third-order valence-corrected chi connectivity index (χ3v) is 3.68. The summed E-state index contributed by atoms with van der Waals surface area (Å²) in [4.78, 5) is 0. The molecule has 0 radical (unpaired) electrons. The molecule has 2 atom stereocenters. The van der Waals surface area contributed by atoms with E-state index in [0.717, 1.165) is 18.6 Å². The van der Waals surface area contributed by atoms with Crippen LogP contribution in [0.3, 0.4) is 0 Å². The van der Waals surface area contributed by atoms with E-state index in [1.165, 1.54) is 32.1 Å². The molecule has 2 nitrogen and oxygen atoms in total. The fraction of sp³-hybridized carbons (Fsp3) is 0.733. The Labute approximate surface area is 105 Å². The van der Waals surface area contributed by atoms with Gasteiger partial charge < -0.3 is 10.5 Å². The van der Waals surface area contributed by atoms with Gasteiger partial charge in [-0.1, -0.05) is 12.5 Å². The molecule has 1 fully saturated rings. The molecular weight excluding hydrogens is 210 g/mol. The second-order valence-corrected chi connectivity index (χ2v) is 5.55. The van der Waals surface area contributed by atoms with Crippen molar-refractivity contribution in [2.24, 2.45) is 11.7 Å². The van der Waals surface area contributed by atoms with Crippen molar-refractivity contribution < 1.29 is 4.74 Å². The van der Waals surface area contributed by atoms with Crippen LogP contribution in [0.15, 0.2) is 24.0 Å². The summed E-state index contributed by atoms with van der Waals surface area (Å²) in [6.07, 6.45) is 15.8. The van der Waals surface area contributed by atoms with Crippen LogP contribution in [0, 0.1) is 5.92 Å². The normalized spacial score (nSPS) is 27.6. The van der Waals surface area contributed by atoms with Crippen LogP contribution in [0.5, 0.6) is 0 Å². The monoisotopic (exact) mass is 235 g/mol. The Hall–Kier alpha value is -0.760. The van der Waals surface area contributed by atoms with Crippen molar-refractivity contribution in [3.63, 3.8) is 0 Å². The van der Waals surface area contributed by atoms with Crippen LogP contribution >= 0.6 is 0 Å². The largest absolute Gasteiger partial charge is 0.491 e. The van der Waals surface area contributed by atoms with E-state index in [1.54, 1.807) is 0 Å². The van der Waals surface area contributed by atoms with E-state index in [1.807, 2.05) is 0 Å². The number of nitrogens with two attached hydrogens (primary N) is 1. The average molecular weight is 235 g/mol. The van der Waals surface area contributed by atoms with Crippen LogP contribution in [0.2, 0.25) is 0 Å². The van der Waals surface area contributed by atoms with Crippen molar-refractivity contribution in [2.75, 3.05) is 0 Å². The lowest BCUT2D eigenvalue weighted by atomic mass is 9.93. The van der Waals surface area contributed by atoms with Crippen molar-refractivity contribution >= 4 is 0 Å². The van der Waals surface area contributed by atoms with Gasteiger partial charge >= 0.3 is 0 Å². The van der Waals surface area contributed by atoms with E-state index in [9.17, 15) is 0 Å². The maximum atomic E-state index is 6.03. The topological polar surface area (TPSA) is 35.2 Å². The van der Waals surface area contributed by atoms with Crippen molar-refractivity contribution in [2.45, 2.75) is 64.0 Å². The molecule has 0 aromatic carbocycles. The van der Waals surface area contributed by atoms with Crippen LogP contribution < -0.4 is 5.73 Å². The molecule has 0 aliphatic heterocycles. The summed E-state index contributed by atoms with van der Waals surface area (Å²) in [6.45, 7) is 2.07. The third-order valence-electron chi connectivity index (χ3n) is 3.68. The summed E-state index contributed by atoms with van der Waals surface area (Å²) in [6, 6.07) is 0.291. The summed E-state index contributed by atoms with van der Waals surface area (Å²) in [5.74, 6) is 1.69. The van der Waals surface area contributed by atoms with Crippen molar-refractivity contribution in [3.8, 4) is 0 Å². The zero-order valence-electron chi connectivity index (χ0n) is 10.9. The molecule has 2 aliphatic rings. The molecule has 0 aromatic rings. The second kappa shape index (κ2) is 6.25. The molecule has 0 bridgehead atoms. The molecule has 2 aliphatic carbocycles. The van der Waals surface area contributed by atoms with Gasteiger partial charge in [0.05, 0.1) is 6.10 Å². The number of allylic oxidation sites excluding steroid dienone is 3. The molecule has 0 saturated heterocycles. The predicted octanol–water partition coefficient (Wildman–Crippen LogP) is 3.53. The van der Waals surface area contributed by atoms with E-state index in [4.69, 9.17) is 10.5 Å². The van der Waals surface area contributed by atoms with E-state index in [-0.39, 0.29) is 0 Å². The predicted molar refractivity (Wildman–Crippen MR) is 71.6 cm³/mol. The first-order valence-corrected chi connectivity index (χ1v) is 7.04. The SMILES string of the molecule is C[C@@H](N)CC1C=CC(OC2CCCCC2)=CC1. The summed E-state index contributed by atoms with van der Waals surface area (Å²) in [7, 11) is 0. The molecule has 2 heteroatoms. The molecular formula is C15H25NO. The Bertz CT molecular complexity index is 287. The highest BCUT2D eigenvalue weighted by Gasteiger charge is 2.17. The van der Waals surface area contributed by atoms with Gasteiger partial charge in [-0.2, -0.15) is 0 Å². The van der Waals surface area contributed by atoms with E-state index in [2.05, 4.69) is 25.2 Å². The molecule has 2 rings (SSSR count). The second-order valence-electron chi connectivity index (χ2n) is 5.55. The summed E-state index contributed by atoms with van der Waals surface area (Å²) >= 11 is 0.